The summed E-state index contributed by atoms with van der Waals surface area (Å²) in [6.45, 7) is 5.81. The van der Waals surface area contributed by atoms with Gasteiger partial charge in [0.15, 0.2) is 15.6 Å². The van der Waals surface area contributed by atoms with Crippen molar-refractivity contribution < 1.29 is 17.6 Å². The predicted molar refractivity (Wildman–Crippen MR) is 96.9 cm³/mol. The number of furan rings is 1. The summed E-state index contributed by atoms with van der Waals surface area (Å²) in [7, 11) is -3.08. The second-order valence-corrected chi connectivity index (χ2v) is 9.14. The summed E-state index contributed by atoms with van der Waals surface area (Å²) in [5, 5.41) is 0.866. The molecule has 1 aliphatic rings. The number of rotatable bonds is 4. The molecule has 1 unspecified atom stereocenters. The van der Waals surface area contributed by atoms with Crippen LogP contribution in [0.3, 0.4) is 0 Å². The Labute approximate surface area is 149 Å². The maximum absolute atomic E-state index is 13.0. The lowest BCUT2D eigenvalue weighted by Gasteiger charge is -2.26. The van der Waals surface area contributed by atoms with Gasteiger partial charge in [-0.05, 0) is 31.5 Å². The van der Waals surface area contributed by atoms with Crippen molar-refractivity contribution in [3.8, 4) is 0 Å². The van der Waals surface area contributed by atoms with Crippen LogP contribution in [0, 0.1) is 6.92 Å². The first-order valence-electron chi connectivity index (χ1n) is 7.63. The highest BCUT2D eigenvalue weighted by atomic mass is 79.9. The Morgan fingerprint density at radius 1 is 1.50 bits per heavy atom. The second kappa shape index (κ2) is 6.37. The van der Waals surface area contributed by atoms with Gasteiger partial charge in [0.25, 0.3) is 5.91 Å². The fraction of sp³-hybridized carbons (Fsp3) is 0.353. The average molecular weight is 412 g/mol. The lowest BCUT2D eigenvalue weighted by Crippen LogP contribution is -2.41. The van der Waals surface area contributed by atoms with Gasteiger partial charge in [-0.3, -0.25) is 4.79 Å². The molecule has 3 rings (SSSR count). The highest BCUT2D eigenvalue weighted by Crippen LogP contribution is 2.30. The Balaban J connectivity index is 1.99. The Morgan fingerprint density at radius 3 is 2.88 bits per heavy atom. The largest absolute Gasteiger partial charge is 0.451 e. The molecule has 5 nitrogen and oxygen atoms in total. The molecule has 7 heteroatoms. The number of carbonyl (C=O) groups excluding carboxylic acids is 1. The van der Waals surface area contributed by atoms with E-state index >= 15 is 0 Å². The van der Waals surface area contributed by atoms with E-state index in [-0.39, 0.29) is 29.2 Å². The zero-order valence-electron chi connectivity index (χ0n) is 13.3. The van der Waals surface area contributed by atoms with Gasteiger partial charge in [0.1, 0.15) is 5.58 Å². The van der Waals surface area contributed by atoms with Gasteiger partial charge in [0.05, 0.1) is 11.5 Å². The highest BCUT2D eigenvalue weighted by molar-refractivity contribution is 9.10. The van der Waals surface area contributed by atoms with E-state index in [1.165, 1.54) is 0 Å². The number of carbonyl (C=O) groups is 1. The molecule has 1 fully saturated rings. The summed E-state index contributed by atoms with van der Waals surface area (Å²) in [4.78, 5) is 14.5. The molecule has 0 aliphatic carbocycles. The second-order valence-electron chi connectivity index (χ2n) is 6.00. The van der Waals surface area contributed by atoms with Crippen molar-refractivity contribution in [1.29, 1.82) is 0 Å². The van der Waals surface area contributed by atoms with E-state index in [0.717, 1.165) is 15.4 Å². The Kier molecular flexibility index (Phi) is 4.57. The van der Waals surface area contributed by atoms with Gasteiger partial charge < -0.3 is 9.32 Å². The van der Waals surface area contributed by atoms with E-state index in [1.54, 1.807) is 17.0 Å². The van der Waals surface area contributed by atoms with Crippen LogP contribution >= 0.6 is 15.9 Å². The maximum Gasteiger partial charge on any atom is 0.290 e. The summed E-state index contributed by atoms with van der Waals surface area (Å²) in [5.41, 5.74) is 1.39. The van der Waals surface area contributed by atoms with E-state index in [4.69, 9.17) is 4.42 Å². The van der Waals surface area contributed by atoms with E-state index in [2.05, 4.69) is 22.5 Å². The van der Waals surface area contributed by atoms with Crippen molar-refractivity contribution in [1.82, 2.24) is 4.90 Å². The van der Waals surface area contributed by atoms with E-state index < -0.39 is 9.84 Å². The zero-order chi connectivity index (χ0) is 17.5. The molecule has 0 saturated carbocycles. The topological polar surface area (TPSA) is 67.6 Å². The van der Waals surface area contributed by atoms with Crippen LogP contribution in [0.2, 0.25) is 0 Å². The Bertz CT molecular complexity index is 916. The number of benzene rings is 1. The number of amides is 1. The molecule has 0 radical (unpaired) electrons. The van der Waals surface area contributed by atoms with Crippen LogP contribution < -0.4 is 0 Å². The Morgan fingerprint density at radius 2 is 2.25 bits per heavy atom. The smallest absolute Gasteiger partial charge is 0.290 e. The molecular formula is C17H18BrNO4S. The Hall–Kier alpha value is -1.60. The molecular weight excluding hydrogens is 394 g/mol. The van der Waals surface area contributed by atoms with Gasteiger partial charge in [-0.2, -0.15) is 0 Å². The number of nitrogens with zero attached hydrogens (tertiary/aromatic N) is 1. The molecule has 1 saturated heterocycles. The van der Waals surface area contributed by atoms with Crippen LogP contribution in [0.15, 0.2) is 39.7 Å². The third kappa shape index (κ3) is 3.15. The molecule has 2 aromatic rings. The summed E-state index contributed by atoms with van der Waals surface area (Å²) in [6, 6.07) is 5.23. The summed E-state index contributed by atoms with van der Waals surface area (Å²) in [5.74, 6) is 0.0817. The summed E-state index contributed by atoms with van der Waals surface area (Å²) < 4.78 is 30.2. The molecule has 0 spiro atoms. The van der Waals surface area contributed by atoms with E-state index in [9.17, 15) is 13.2 Å². The molecule has 0 bridgehead atoms. The quantitative estimate of drug-likeness (QED) is 0.723. The average Bonchev–Trinajstić information content (AvgIpc) is 3.04. The van der Waals surface area contributed by atoms with Crippen LogP contribution in [0.5, 0.6) is 0 Å². The lowest BCUT2D eigenvalue weighted by molar-refractivity contribution is 0.0689. The van der Waals surface area contributed by atoms with E-state index in [1.807, 2.05) is 19.1 Å². The summed E-state index contributed by atoms with van der Waals surface area (Å²) in [6.07, 6.45) is 2.06. The van der Waals surface area contributed by atoms with Crippen LogP contribution in [-0.4, -0.2) is 43.3 Å². The normalized spacial score (nSPS) is 19.5. The number of hydrogen-bond acceptors (Lipinski definition) is 4. The molecule has 1 aliphatic heterocycles. The monoisotopic (exact) mass is 411 g/mol. The van der Waals surface area contributed by atoms with Gasteiger partial charge in [-0.25, -0.2) is 8.42 Å². The van der Waals surface area contributed by atoms with E-state index in [0.29, 0.717) is 18.5 Å². The van der Waals surface area contributed by atoms with Gasteiger partial charge in [0.2, 0.25) is 0 Å². The maximum atomic E-state index is 13.0. The van der Waals surface area contributed by atoms with Crippen molar-refractivity contribution >= 4 is 42.6 Å². The number of fused-ring (bicyclic) bond motifs is 1. The first-order valence-corrected chi connectivity index (χ1v) is 10.2. The van der Waals surface area contributed by atoms with Gasteiger partial charge >= 0.3 is 0 Å². The number of halogens is 1. The molecule has 2 heterocycles. The summed E-state index contributed by atoms with van der Waals surface area (Å²) >= 11 is 3.42. The third-order valence-electron chi connectivity index (χ3n) is 4.33. The molecule has 1 atom stereocenters. The molecule has 1 amide bonds. The van der Waals surface area contributed by atoms with Crippen molar-refractivity contribution in [3.05, 3.63) is 46.7 Å². The number of sulfone groups is 1. The van der Waals surface area contributed by atoms with Crippen molar-refractivity contribution in [2.24, 2.45) is 0 Å². The standard InChI is InChI=1S/C17H18BrNO4S/c1-3-7-19(13-6-8-24(21,22)10-13)17(20)16-11(2)14-9-12(18)4-5-15(14)23-16/h3-5,9,13H,1,6-8,10H2,2H3. The first kappa shape index (κ1) is 17.2. The highest BCUT2D eigenvalue weighted by Gasteiger charge is 2.36. The van der Waals surface area contributed by atoms with Crippen molar-refractivity contribution in [3.63, 3.8) is 0 Å². The SMILES string of the molecule is C=CCN(C(=O)c1oc2ccc(Br)cc2c1C)C1CCS(=O)(=O)C1. The first-order chi connectivity index (χ1) is 11.3. The lowest BCUT2D eigenvalue weighted by atomic mass is 10.1. The van der Waals surface area contributed by atoms with Gasteiger partial charge in [-0.15, -0.1) is 6.58 Å². The predicted octanol–water partition coefficient (Wildman–Crippen LogP) is 3.32. The van der Waals surface area contributed by atoms with Gasteiger partial charge in [0, 0.05) is 28.0 Å². The van der Waals surface area contributed by atoms with Gasteiger partial charge in [-0.1, -0.05) is 22.0 Å². The number of aryl methyl sites for hydroxylation is 1. The molecule has 0 N–H and O–H groups in total. The van der Waals surface area contributed by atoms with Crippen molar-refractivity contribution in [2.75, 3.05) is 18.1 Å². The minimum atomic E-state index is -3.08. The fourth-order valence-electron chi connectivity index (χ4n) is 3.09. The molecule has 128 valence electrons. The van der Waals surface area contributed by atoms with Crippen LogP contribution in [0.1, 0.15) is 22.5 Å². The number of hydrogen-bond donors (Lipinski definition) is 0. The van der Waals surface area contributed by atoms with Crippen LogP contribution in [-0.2, 0) is 9.84 Å². The molecule has 1 aromatic heterocycles. The fourth-order valence-corrected chi connectivity index (χ4v) is 5.18. The van der Waals surface area contributed by atoms with Crippen LogP contribution in [0.25, 0.3) is 11.0 Å². The van der Waals surface area contributed by atoms with Crippen molar-refractivity contribution in [2.45, 2.75) is 19.4 Å². The third-order valence-corrected chi connectivity index (χ3v) is 6.57. The minimum absolute atomic E-state index is 0.00258. The molecule has 1 aromatic carbocycles. The van der Waals surface area contributed by atoms with Crippen LogP contribution in [0.4, 0.5) is 0 Å². The molecule has 24 heavy (non-hydrogen) atoms. The zero-order valence-corrected chi connectivity index (χ0v) is 15.7. The minimum Gasteiger partial charge on any atom is -0.451 e.